The first-order valence-electron chi connectivity index (χ1n) is 12.8. The van der Waals surface area contributed by atoms with Crippen molar-refractivity contribution in [3.05, 3.63) is 99.5 Å². The van der Waals surface area contributed by atoms with Crippen LogP contribution >= 0.6 is 15.9 Å². The zero-order valence-electron chi connectivity index (χ0n) is 22.3. The summed E-state index contributed by atoms with van der Waals surface area (Å²) in [4.78, 5) is 28.9. The highest BCUT2D eigenvalue weighted by atomic mass is 79.9. The highest BCUT2D eigenvalue weighted by molar-refractivity contribution is 9.10. The summed E-state index contributed by atoms with van der Waals surface area (Å²) in [6.45, 7) is 10.3. The van der Waals surface area contributed by atoms with E-state index in [1.165, 1.54) is 5.56 Å². The van der Waals surface area contributed by atoms with Gasteiger partial charge in [-0.2, -0.15) is 0 Å². The number of benzene rings is 3. The summed E-state index contributed by atoms with van der Waals surface area (Å²) >= 11 is 3.58. The Labute approximate surface area is 229 Å². The summed E-state index contributed by atoms with van der Waals surface area (Å²) in [6, 6.07) is 22.9. The van der Waals surface area contributed by atoms with E-state index in [1.807, 2.05) is 93.6 Å². The summed E-state index contributed by atoms with van der Waals surface area (Å²) in [7, 11) is 0. The number of halogens is 1. The Morgan fingerprint density at radius 3 is 2.24 bits per heavy atom. The highest BCUT2D eigenvalue weighted by Gasteiger charge is 2.31. The van der Waals surface area contributed by atoms with Crippen molar-refractivity contribution in [3.63, 3.8) is 0 Å². The molecular weight excluding hydrogens is 528 g/mol. The fourth-order valence-electron chi connectivity index (χ4n) is 4.12. The molecule has 0 aliphatic rings. The van der Waals surface area contributed by atoms with E-state index in [-0.39, 0.29) is 24.5 Å². The van der Waals surface area contributed by atoms with E-state index in [0.29, 0.717) is 24.6 Å². The molecule has 5 nitrogen and oxygen atoms in total. The monoisotopic (exact) mass is 564 g/mol. The lowest BCUT2D eigenvalue weighted by molar-refractivity contribution is -0.143. The quantitative estimate of drug-likeness (QED) is 0.292. The van der Waals surface area contributed by atoms with Crippen molar-refractivity contribution in [1.29, 1.82) is 0 Å². The average molecular weight is 566 g/mol. The second-order valence-electron chi connectivity index (χ2n) is 9.95. The van der Waals surface area contributed by atoms with Gasteiger partial charge < -0.3 is 15.0 Å². The van der Waals surface area contributed by atoms with Crippen LogP contribution < -0.4 is 10.1 Å². The van der Waals surface area contributed by atoms with Gasteiger partial charge in [-0.05, 0) is 77.0 Å². The molecule has 1 atom stereocenters. The third-order valence-electron chi connectivity index (χ3n) is 6.28. The van der Waals surface area contributed by atoms with Gasteiger partial charge in [0.1, 0.15) is 11.8 Å². The van der Waals surface area contributed by atoms with E-state index in [1.54, 1.807) is 4.90 Å². The minimum Gasteiger partial charge on any atom is -0.483 e. The molecule has 0 fully saturated rings. The molecule has 1 N–H and O–H groups in total. The van der Waals surface area contributed by atoms with Gasteiger partial charge in [-0.15, -0.1) is 0 Å². The van der Waals surface area contributed by atoms with Crippen LogP contribution in [0.5, 0.6) is 5.75 Å². The van der Waals surface area contributed by atoms with Crippen LogP contribution in [0.3, 0.4) is 0 Å². The number of amides is 2. The van der Waals surface area contributed by atoms with Crippen LogP contribution in [0.15, 0.2) is 77.3 Å². The molecule has 0 aromatic heterocycles. The predicted octanol–water partition coefficient (Wildman–Crippen LogP) is 6.42. The highest BCUT2D eigenvalue weighted by Crippen LogP contribution is 2.29. The van der Waals surface area contributed by atoms with Gasteiger partial charge in [0.05, 0.1) is 4.47 Å². The predicted molar refractivity (Wildman–Crippen MR) is 153 cm³/mol. The first kappa shape index (κ1) is 28.5. The number of aryl methyl sites for hydroxylation is 1. The molecule has 0 saturated carbocycles. The Morgan fingerprint density at radius 2 is 1.62 bits per heavy atom. The van der Waals surface area contributed by atoms with Gasteiger partial charge in [-0.1, -0.05) is 74.5 Å². The van der Waals surface area contributed by atoms with E-state index < -0.39 is 6.04 Å². The number of carbonyl (C=O) groups excluding carboxylic acids is 2. The van der Waals surface area contributed by atoms with Gasteiger partial charge in [-0.3, -0.25) is 9.59 Å². The average Bonchev–Trinajstić information content (AvgIpc) is 2.86. The van der Waals surface area contributed by atoms with E-state index >= 15 is 0 Å². The maximum atomic E-state index is 13.7. The van der Waals surface area contributed by atoms with Crippen LogP contribution in [0, 0.1) is 6.92 Å². The molecule has 37 heavy (non-hydrogen) atoms. The van der Waals surface area contributed by atoms with E-state index in [9.17, 15) is 9.59 Å². The third kappa shape index (κ3) is 8.19. The first-order chi connectivity index (χ1) is 17.7. The van der Waals surface area contributed by atoms with E-state index in [0.717, 1.165) is 21.2 Å². The molecule has 0 saturated heterocycles. The Bertz CT molecular complexity index is 1190. The zero-order chi connectivity index (χ0) is 26.9. The zero-order valence-corrected chi connectivity index (χ0v) is 23.9. The molecule has 1 unspecified atom stereocenters. The smallest absolute Gasteiger partial charge is 0.261 e. The number of rotatable bonds is 11. The van der Waals surface area contributed by atoms with Crippen LogP contribution in [-0.2, 0) is 22.6 Å². The Balaban J connectivity index is 1.91. The van der Waals surface area contributed by atoms with Gasteiger partial charge >= 0.3 is 0 Å². The molecule has 2 amide bonds. The van der Waals surface area contributed by atoms with E-state index in [4.69, 9.17) is 4.74 Å². The normalized spacial score (nSPS) is 11.9. The number of ether oxygens (including phenoxy) is 1. The molecule has 0 spiro atoms. The Morgan fingerprint density at radius 1 is 0.946 bits per heavy atom. The van der Waals surface area contributed by atoms with Crippen LogP contribution in [0.1, 0.15) is 55.9 Å². The maximum Gasteiger partial charge on any atom is 0.261 e. The summed E-state index contributed by atoms with van der Waals surface area (Å²) in [5.41, 5.74) is 4.23. The van der Waals surface area contributed by atoms with Gasteiger partial charge in [0.15, 0.2) is 6.61 Å². The van der Waals surface area contributed by atoms with Crippen molar-refractivity contribution in [2.24, 2.45) is 0 Å². The first-order valence-corrected chi connectivity index (χ1v) is 13.6. The lowest BCUT2D eigenvalue weighted by atomic mass is 10.0. The van der Waals surface area contributed by atoms with Crippen molar-refractivity contribution < 1.29 is 14.3 Å². The fourth-order valence-corrected chi connectivity index (χ4v) is 4.63. The molecule has 6 heteroatoms. The van der Waals surface area contributed by atoms with Gasteiger partial charge in [0, 0.05) is 19.0 Å². The van der Waals surface area contributed by atoms with Crippen molar-refractivity contribution in [2.45, 2.75) is 65.6 Å². The molecule has 0 aliphatic heterocycles. The van der Waals surface area contributed by atoms with Crippen LogP contribution in [0.4, 0.5) is 0 Å². The summed E-state index contributed by atoms with van der Waals surface area (Å²) in [5.74, 6) is 0.556. The number of carbonyl (C=O) groups is 2. The lowest BCUT2D eigenvalue weighted by Gasteiger charge is -2.32. The second-order valence-corrected chi connectivity index (χ2v) is 10.8. The molecule has 0 bridgehead atoms. The Kier molecular flexibility index (Phi) is 10.3. The van der Waals surface area contributed by atoms with Gasteiger partial charge in [0.2, 0.25) is 5.91 Å². The number of nitrogens with one attached hydrogen (secondary N) is 1. The number of nitrogens with zero attached hydrogens (tertiary/aromatic N) is 1. The molecule has 3 rings (SSSR count). The molecule has 0 heterocycles. The SMILES string of the molecule is Cc1ccccc1CN(C(=O)COc1ccc(C(C)C)cc1Br)C(Cc1ccccc1)C(=O)NC(C)C. The molecule has 196 valence electrons. The minimum absolute atomic E-state index is 0.0483. The lowest BCUT2D eigenvalue weighted by Crippen LogP contribution is -2.52. The number of hydrogen-bond acceptors (Lipinski definition) is 3. The Hall–Kier alpha value is -3.12. The molecule has 0 radical (unpaired) electrons. The third-order valence-corrected chi connectivity index (χ3v) is 6.90. The summed E-state index contributed by atoms with van der Waals surface area (Å²) < 4.78 is 6.77. The minimum atomic E-state index is -0.688. The summed E-state index contributed by atoms with van der Waals surface area (Å²) in [6.07, 6.45) is 0.407. The fraction of sp³-hybridized carbons (Fsp3) is 0.355. The number of hydrogen-bond donors (Lipinski definition) is 1. The topological polar surface area (TPSA) is 58.6 Å². The van der Waals surface area contributed by atoms with Gasteiger partial charge in [0.25, 0.3) is 5.91 Å². The maximum absolute atomic E-state index is 13.7. The molecular formula is C31H37BrN2O3. The van der Waals surface area contributed by atoms with E-state index in [2.05, 4.69) is 35.1 Å². The van der Waals surface area contributed by atoms with Crippen molar-refractivity contribution in [3.8, 4) is 5.75 Å². The molecule has 3 aromatic carbocycles. The van der Waals surface area contributed by atoms with Crippen LogP contribution in [0.2, 0.25) is 0 Å². The van der Waals surface area contributed by atoms with Crippen molar-refractivity contribution in [1.82, 2.24) is 10.2 Å². The summed E-state index contributed by atoms with van der Waals surface area (Å²) in [5, 5.41) is 3.02. The molecule has 0 aliphatic carbocycles. The van der Waals surface area contributed by atoms with Gasteiger partial charge in [-0.25, -0.2) is 0 Å². The molecule has 3 aromatic rings. The van der Waals surface area contributed by atoms with Crippen LogP contribution in [-0.4, -0.2) is 35.4 Å². The van der Waals surface area contributed by atoms with Crippen LogP contribution in [0.25, 0.3) is 0 Å². The second kappa shape index (κ2) is 13.4. The largest absolute Gasteiger partial charge is 0.483 e. The standard InChI is InChI=1S/C31H37BrN2O3/c1-21(2)25-15-16-29(27(32)18-25)37-20-30(35)34(19-26-14-10-9-11-23(26)5)28(31(36)33-22(3)4)17-24-12-7-6-8-13-24/h6-16,18,21-22,28H,17,19-20H2,1-5H3,(H,33,36). The van der Waals surface area contributed by atoms with Crippen molar-refractivity contribution >= 4 is 27.7 Å². The van der Waals surface area contributed by atoms with Crippen molar-refractivity contribution in [2.75, 3.05) is 6.61 Å².